The standard InChI is InChI=1S/C13H14ClNO3/c1-18-12-4-2-9(8-10(12)14)11(16)3-5-13(17)15-6-7-15/h2,4,8H,3,5-7H2,1H3. The van der Waals surface area contributed by atoms with Crippen LogP contribution in [0.2, 0.25) is 5.02 Å². The molecule has 1 aliphatic rings. The predicted molar refractivity (Wildman–Crippen MR) is 68.1 cm³/mol. The number of carbonyl (C=O) groups is 2. The third kappa shape index (κ3) is 3.01. The van der Waals surface area contributed by atoms with Gasteiger partial charge in [-0.2, -0.15) is 0 Å². The normalized spacial score (nSPS) is 13.3. The summed E-state index contributed by atoms with van der Waals surface area (Å²) in [4.78, 5) is 25.0. The first-order chi connectivity index (χ1) is 8.61. The summed E-state index contributed by atoms with van der Waals surface area (Å²) in [7, 11) is 1.52. The molecule has 0 unspecified atom stereocenters. The number of nitrogens with zero attached hydrogens (tertiary/aromatic N) is 1. The molecule has 5 heteroatoms. The molecule has 0 atom stereocenters. The molecular weight excluding hydrogens is 254 g/mol. The zero-order chi connectivity index (χ0) is 13.1. The molecule has 18 heavy (non-hydrogen) atoms. The van der Waals surface area contributed by atoms with Crippen LogP contribution in [0.4, 0.5) is 0 Å². The first-order valence-corrected chi connectivity index (χ1v) is 6.14. The molecule has 1 amide bonds. The summed E-state index contributed by atoms with van der Waals surface area (Å²) >= 11 is 5.94. The quantitative estimate of drug-likeness (QED) is 0.607. The van der Waals surface area contributed by atoms with E-state index in [-0.39, 0.29) is 24.5 Å². The van der Waals surface area contributed by atoms with Crippen molar-refractivity contribution in [2.24, 2.45) is 0 Å². The SMILES string of the molecule is COc1ccc(C(=O)CCC(=O)N2CC2)cc1Cl. The van der Waals surface area contributed by atoms with Crippen molar-refractivity contribution in [2.45, 2.75) is 12.8 Å². The van der Waals surface area contributed by atoms with Gasteiger partial charge in [-0.05, 0) is 18.2 Å². The number of hydrogen-bond donors (Lipinski definition) is 0. The summed E-state index contributed by atoms with van der Waals surface area (Å²) in [5.41, 5.74) is 0.513. The second-order valence-electron chi connectivity index (χ2n) is 4.15. The van der Waals surface area contributed by atoms with Crippen molar-refractivity contribution in [3.05, 3.63) is 28.8 Å². The molecule has 1 aromatic rings. The molecule has 1 aromatic carbocycles. The van der Waals surface area contributed by atoms with Gasteiger partial charge in [-0.15, -0.1) is 0 Å². The molecule has 2 rings (SSSR count). The molecule has 0 spiro atoms. The minimum atomic E-state index is -0.0743. The first kappa shape index (κ1) is 12.9. The van der Waals surface area contributed by atoms with Crippen LogP contribution >= 0.6 is 11.6 Å². The Labute approximate surface area is 110 Å². The van der Waals surface area contributed by atoms with Gasteiger partial charge < -0.3 is 9.64 Å². The van der Waals surface area contributed by atoms with E-state index in [4.69, 9.17) is 16.3 Å². The lowest BCUT2D eigenvalue weighted by Crippen LogP contribution is -2.12. The number of halogens is 1. The minimum absolute atomic E-state index is 0.0444. The highest BCUT2D eigenvalue weighted by Crippen LogP contribution is 2.25. The average Bonchev–Trinajstić information content (AvgIpc) is 3.19. The Hall–Kier alpha value is -1.55. The number of Topliss-reactive ketones (excluding diaryl/α,β-unsaturated/α-hetero) is 1. The van der Waals surface area contributed by atoms with Gasteiger partial charge in [-0.1, -0.05) is 11.6 Å². The highest BCUT2D eigenvalue weighted by atomic mass is 35.5. The Morgan fingerprint density at radius 1 is 1.33 bits per heavy atom. The van der Waals surface area contributed by atoms with Gasteiger partial charge in [0, 0.05) is 31.5 Å². The lowest BCUT2D eigenvalue weighted by molar-refractivity contribution is -0.125. The summed E-state index contributed by atoms with van der Waals surface area (Å²) < 4.78 is 5.01. The first-order valence-electron chi connectivity index (χ1n) is 5.76. The van der Waals surface area contributed by atoms with E-state index in [1.165, 1.54) is 7.11 Å². The maximum atomic E-state index is 11.9. The van der Waals surface area contributed by atoms with Crippen LogP contribution in [0, 0.1) is 0 Å². The number of amides is 1. The third-order valence-electron chi connectivity index (χ3n) is 2.84. The van der Waals surface area contributed by atoms with E-state index in [0.717, 1.165) is 13.1 Å². The largest absolute Gasteiger partial charge is 0.495 e. The van der Waals surface area contributed by atoms with Gasteiger partial charge in [0.25, 0.3) is 0 Å². The van der Waals surface area contributed by atoms with Crippen molar-refractivity contribution in [1.82, 2.24) is 4.90 Å². The molecule has 0 aromatic heterocycles. The highest BCUT2D eigenvalue weighted by Gasteiger charge is 2.24. The second-order valence-corrected chi connectivity index (χ2v) is 4.56. The molecule has 1 saturated heterocycles. The highest BCUT2D eigenvalue weighted by molar-refractivity contribution is 6.32. The molecule has 0 bridgehead atoms. The van der Waals surface area contributed by atoms with Gasteiger partial charge in [0.2, 0.25) is 5.91 Å². The predicted octanol–water partition coefficient (Wildman–Crippen LogP) is 2.15. The van der Waals surface area contributed by atoms with Crippen molar-refractivity contribution in [2.75, 3.05) is 20.2 Å². The molecule has 0 N–H and O–H groups in total. The van der Waals surface area contributed by atoms with Crippen LogP contribution in [0.3, 0.4) is 0 Å². The number of carbonyl (C=O) groups excluding carboxylic acids is 2. The topological polar surface area (TPSA) is 46.4 Å². The van der Waals surface area contributed by atoms with Crippen molar-refractivity contribution in [3.8, 4) is 5.75 Å². The van der Waals surface area contributed by atoms with Gasteiger partial charge in [0.05, 0.1) is 12.1 Å². The molecule has 96 valence electrons. The number of ketones is 1. The van der Waals surface area contributed by atoms with Crippen molar-refractivity contribution in [1.29, 1.82) is 0 Å². The van der Waals surface area contributed by atoms with Crippen LogP contribution in [0.1, 0.15) is 23.2 Å². The zero-order valence-corrected chi connectivity index (χ0v) is 10.9. The van der Waals surface area contributed by atoms with Crippen molar-refractivity contribution < 1.29 is 14.3 Å². The third-order valence-corrected chi connectivity index (χ3v) is 3.13. The van der Waals surface area contributed by atoms with Crippen LogP contribution in [0.5, 0.6) is 5.75 Å². The fourth-order valence-electron chi connectivity index (χ4n) is 1.66. The van der Waals surface area contributed by atoms with Crippen LogP contribution < -0.4 is 4.74 Å². The molecule has 4 nitrogen and oxygen atoms in total. The van der Waals surface area contributed by atoms with E-state index in [1.807, 2.05) is 0 Å². The van der Waals surface area contributed by atoms with E-state index in [1.54, 1.807) is 23.1 Å². The zero-order valence-electron chi connectivity index (χ0n) is 10.1. The lowest BCUT2D eigenvalue weighted by Gasteiger charge is -2.05. The molecule has 0 saturated carbocycles. The summed E-state index contributed by atoms with van der Waals surface area (Å²) in [5.74, 6) is 0.506. The Bertz CT molecular complexity index is 483. The number of hydrogen-bond acceptors (Lipinski definition) is 3. The van der Waals surface area contributed by atoms with Crippen LogP contribution in [0.25, 0.3) is 0 Å². The molecule has 0 radical (unpaired) electrons. The van der Waals surface area contributed by atoms with Crippen LogP contribution in [-0.2, 0) is 4.79 Å². The van der Waals surface area contributed by atoms with Gasteiger partial charge in [0.1, 0.15) is 5.75 Å². The Morgan fingerprint density at radius 3 is 2.61 bits per heavy atom. The maximum Gasteiger partial charge on any atom is 0.223 e. The fourth-order valence-corrected chi connectivity index (χ4v) is 1.92. The van der Waals surface area contributed by atoms with Crippen LogP contribution in [-0.4, -0.2) is 36.8 Å². The molecule has 1 heterocycles. The second kappa shape index (κ2) is 5.40. The van der Waals surface area contributed by atoms with E-state index < -0.39 is 0 Å². The van der Waals surface area contributed by atoms with Crippen molar-refractivity contribution >= 4 is 23.3 Å². The van der Waals surface area contributed by atoms with E-state index >= 15 is 0 Å². The smallest absolute Gasteiger partial charge is 0.223 e. The summed E-state index contributed by atoms with van der Waals surface area (Å²) in [5, 5.41) is 0.403. The summed E-state index contributed by atoms with van der Waals surface area (Å²) in [6.45, 7) is 1.64. The van der Waals surface area contributed by atoms with E-state index in [9.17, 15) is 9.59 Å². The van der Waals surface area contributed by atoms with E-state index in [0.29, 0.717) is 16.3 Å². The van der Waals surface area contributed by atoms with Crippen LogP contribution in [0.15, 0.2) is 18.2 Å². The minimum Gasteiger partial charge on any atom is -0.495 e. The van der Waals surface area contributed by atoms with Crippen molar-refractivity contribution in [3.63, 3.8) is 0 Å². The molecule has 1 fully saturated rings. The number of ether oxygens (including phenoxy) is 1. The molecule has 0 aliphatic carbocycles. The summed E-state index contributed by atoms with van der Waals surface area (Å²) in [6, 6.07) is 4.89. The van der Waals surface area contributed by atoms with Gasteiger partial charge in [-0.25, -0.2) is 0 Å². The summed E-state index contributed by atoms with van der Waals surface area (Å²) in [6.07, 6.45) is 0.487. The number of methoxy groups -OCH3 is 1. The maximum absolute atomic E-state index is 11.9. The Morgan fingerprint density at radius 2 is 2.06 bits per heavy atom. The Kier molecular flexibility index (Phi) is 3.87. The number of rotatable bonds is 5. The lowest BCUT2D eigenvalue weighted by atomic mass is 10.1. The molecule has 1 aliphatic heterocycles. The van der Waals surface area contributed by atoms with Gasteiger partial charge >= 0.3 is 0 Å². The molecular formula is C13H14ClNO3. The number of benzene rings is 1. The van der Waals surface area contributed by atoms with Gasteiger partial charge in [0.15, 0.2) is 5.78 Å². The average molecular weight is 268 g/mol. The van der Waals surface area contributed by atoms with E-state index in [2.05, 4.69) is 0 Å². The monoisotopic (exact) mass is 267 g/mol. The Balaban J connectivity index is 1.95. The van der Waals surface area contributed by atoms with Gasteiger partial charge in [-0.3, -0.25) is 9.59 Å². The fraction of sp³-hybridized carbons (Fsp3) is 0.385.